The van der Waals surface area contributed by atoms with Gasteiger partial charge < -0.3 is 20.4 Å². The van der Waals surface area contributed by atoms with Crippen LogP contribution in [0.5, 0.6) is 0 Å². The fourth-order valence-electron chi connectivity index (χ4n) is 4.85. The first-order chi connectivity index (χ1) is 12.2. The van der Waals surface area contributed by atoms with Gasteiger partial charge in [0.2, 0.25) is 5.91 Å². The Kier molecular flexibility index (Phi) is 4.89. The van der Waals surface area contributed by atoms with Gasteiger partial charge in [-0.25, -0.2) is 0 Å². The van der Waals surface area contributed by atoms with Gasteiger partial charge in [-0.05, 0) is 51.5 Å². The summed E-state index contributed by atoms with van der Waals surface area (Å²) < 4.78 is 0. The molecule has 0 aromatic heterocycles. The summed E-state index contributed by atoms with van der Waals surface area (Å²) in [6.07, 6.45) is 7.09. The van der Waals surface area contributed by atoms with Crippen molar-refractivity contribution in [2.24, 2.45) is 16.3 Å². The molecule has 0 aromatic carbocycles. The van der Waals surface area contributed by atoms with E-state index in [0.29, 0.717) is 12.3 Å². The third-order valence-corrected chi connectivity index (χ3v) is 6.37. The van der Waals surface area contributed by atoms with E-state index in [2.05, 4.69) is 27.4 Å². The van der Waals surface area contributed by atoms with E-state index in [0.717, 1.165) is 57.6 Å². The smallest absolute Gasteiger partial charge is 0.220 e. The van der Waals surface area contributed by atoms with Crippen molar-refractivity contribution in [2.45, 2.75) is 51.5 Å². The molecule has 0 aromatic rings. The van der Waals surface area contributed by atoms with Crippen molar-refractivity contribution in [1.82, 2.24) is 20.4 Å². The average molecular weight is 348 g/mol. The van der Waals surface area contributed by atoms with E-state index in [9.17, 15) is 4.79 Å². The number of nitrogens with zero attached hydrogens (tertiary/aromatic N) is 3. The quantitative estimate of drug-likeness (QED) is 0.589. The van der Waals surface area contributed by atoms with E-state index in [1.54, 1.807) is 0 Å². The molecule has 4 rings (SSSR count). The van der Waals surface area contributed by atoms with Crippen molar-refractivity contribution in [3.63, 3.8) is 0 Å². The van der Waals surface area contributed by atoms with Crippen LogP contribution in [0.1, 0.15) is 45.4 Å². The van der Waals surface area contributed by atoms with Crippen molar-refractivity contribution in [3.8, 4) is 0 Å². The van der Waals surface area contributed by atoms with Crippen LogP contribution in [0.2, 0.25) is 0 Å². The van der Waals surface area contributed by atoms with Crippen LogP contribution in [0.15, 0.2) is 4.99 Å². The zero-order valence-corrected chi connectivity index (χ0v) is 15.6. The number of guanidine groups is 1. The summed E-state index contributed by atoms with van der Waals surface area (Å²) in [7, 11) is 0. The Labute approximate surface area is 151 Å². The van der Waals surface area contributed by atoms with E-state index in [1.165, 1.54) is 32.4 Å². The van der Waals surface area contributed by atoms with Gasteiger partial charge in [-0.3, -0.25) is 9.79 Å². The highest BCUT2D eigenvalue weighted by atomic mass is 16.1. The standard InChI is InChI=1S/C19H33N5O/c1-2-20-18(21-11-15-6-9-23(12-15)16-4-5-16)24-8-3-7-19(14-24)10-17(25)22-13-19/h15-16H,2-14H2,1H3,(H,20,21)(H,22,25). The summed E-state index contributed by atoms with van der Waals surface area (Å²) in [5.41, 5.74) is 0.127. The van der Waals surface area contributed by atoms with Crippen molar-refractivity contribution in [2.75, 3.05) is 45.8 Å². The lowest BCUT2D eigenvalue weighted by Gasteiger charge is -2.40. The van der Waals surface area contributed by atoms with Crippen LogP contribution < -0.4 is 10.6 Å². The maximum absolute atomic E-state index is 11.7. The molecule has 1 aliphatic carbocycles. The van der Waals surface area contributed by atoms with Crippen LogP contribution in [0.4, 0.5) is 0 Å². The van der Waals surface area contributed by atoms with Crippen LogP contribution in [-0.4, -0.2) is 73.5 Å². The molecule has 6 heteroatoms. The van der Waals surface area contributed by atoms with Gasteiger partial charge in [0.25, 0.3) is 0 Å². The molecule has 2 N–H and O–H groups in total. The van der Waals surface area contributed by atoms with E-state index < -0.39 is 0 Å². The number of rotatable bonds is 4. The number of hydrogen-bond acceptors (Lipinski definition) is 3. The first-order valence-corrected chi connectivity index (χ1v) is 10.2. The minimum absolute atomic E-state index is 0.127. The van der Waals surface area contributed by atoms with E-state index >= 15 is 0 Å². The molecule has 3 aliphatic heterocycles. The van der Waals surface area contributed by atoms with Gasteiger partial charge >= 0.3 is 0 Å². The van der Waals surface area contributed by atoms with Crippen molar-refractivity contribution >= 4 is 11.9 Å². The molecule has 0 radical (unpaired) electrons. The number of amides is 1. The molecule has 4 aliphatic rings. The highest BCUT2D eigenvalue weighted by Crippen LogP contribution is 2.36. The van der Waals surface area contributed by atoms with Gasteiger partial charge in [0.15, 0.2) is 5.96 Å². The average Bonchev–Trinajstić information content (AvgIpc) is 3.25. The molecular formula is C19H33N5O. The Hall–Kier alpha value is -1.30. The third-order valence-electron chi connectivity index (χ3n) is 6.37. The molecule has 2 unspecified atom stereocenters. The van der Waals surface area contributed by atoms with Gasteiger partial charge in [-0.2, -0.15) is 0 Å². The number of carbonyl (C=O) groups is 1. The lowest BCUT2D eigenvalue weighted by atomic mass is 9.79. The Morgan fingerprint density at radius 2 is 2.24 bits per heavy atom. The molecule has 25 heavy (non-hydrogen) atoms. The number of nitrogens with one attached hydrogen (secondary N) is 2. The predicted octanol–water partition coefficient (Wildman–Crippen LogP) is 1.04. The molecule has 6 nitrogen and oxygen atoms in total. The summed E-state index contributed by atoms with van der Waals surface area (Å²) in [4.78, 5) is 21.8. The molecule has 1 amide bonds. The van der Waals surface area contributed by atoms with E-state index in [1.807, 2.05) is 0 Å². The second kappa shape index (κ2) is 7.14. The maximum Gasteiger partial charge on any atom is 0.220 e. The number of likely N-dealkylation sites (tertiary alicyclic amines) is 2. The number of aliphatic imine (C=N–C) groups is 1. The fraction of sp³-hybridized carbons (Fsp3) is 0.895. The normalized spacial score (nSPS) is 34.0. The van der Waals surface area contributed by atoms with Crippen molar-refractivity contribution < 1.29 is 4.79 Å². The number of hydrogen-bond donors (Lipinski definition) is 2. The zero-order valence-electron chi connectivity index (χ0n) is 15.6. The van der Waals surface area contributed by atoms with Crippen LogP contribution >= 0.6 is 0 Å². The summed E-state index contributed by atoms with van der Waals surface area (Å²) in [6, 6.07) is 0.886. The molecule has 3 saturated heterocycles. The monoisotopic (exact) mass is 347 g/mol. The van der Waals surface area contributed by atoms with Crippen molar-refractivity contribution in [3.05, 3.63) is 0 Å². The largest absolute Gasteiger partial charge is 0.357 e. The van der Waals surface area contributed by atoms with E-state index in [-0.39, 0.29) is 11.3 Å². The Bertz CT molecular complexity index is 532. The summed E-state index contributed by atoms with van der Waals surface area (Å²) in [6.45, 7) is 9.32. The van der Waals surface area contributed by atoms with Gasteiger partial charge in [0, 0.05) is 57.1 Å². The lowest BCUT2D eigenvalue weighted by molar-refractivity contribution is -0.119. The van der Waals surface area contributed by atoms with Crippen LogP contribution in [-0.2, 0) is 4.79 Å². The zero-order chi connectivity index (χ0) is 17.3. The first kappa shape index (κ1) is 17.1. The first-order valence-electron chi connectivity index (χ1n) is 10.2. The van der Waals surface area contributed by atoms with Crippen LogP contribution in [0, 0.1) is 11.3 Å². The second-order valence-corrected chi connectivity index (χ2v) is 8.55. The summed E-state index contributed by atoms with van der Waals surface area (Å²) in [5.74, 6) is 1.99. The topological polar surface area (TPSA) is 60.0 Å². The molecule has 140 valence electrons. The lowest BCUT2D eigenvalue weighted by Crippen LogP contribution is -2.51. The molecular weight excluding hydrogens is 314 g/mol. The number of carbonyl (C=O) groups excluding carboxylic acids is 1. The molecule has 0 bridgehead atoms. The second-order valence-electron chi connectivity index (χ2n) is 8.55. The Morgan fingerprint density at radius 1 is 1.36 bits per heavy atom. The summed E-state index contributed by atoms with van der Waals surface area (Å²) >= 11 is 0. The number of piperidine rings is 1. The van der Waals surface area contributed by atoms with Crippen molar-refractivity contribution in [1.29, 1.82) is 0 Å². The SMILES string of the molecule is CCNC(=NCC1CCN(C2CC2)C1)N1CCCC2(CNC(=O)C2)C1. The van der Waals surface area contributed by atoms with Gasteiger partial charge in [-0.15, -0.1) is 0 Å². The van der Waals surface area contributed by atoms with Crippen LogP contribution in [0.25, 0.3) is 0 Å². The minimum atomic E-state index is 0.127. The highest BCUT2D eigenvalue weighted by molar-refractivity contribution is 5.81. The van der Waals surface area contributed by atoms with Gasteiger partial charge in [0.05, 0.1) is 0 Å². The van der Waals surface area contributed by atoms with Gasteiger partial charge in [-0.1, -0.05) is 0 Å². The molecule has 4 fully saturated rings. The molecule has 2 atom stereocenters. The highest BCUT2D eigenvalue weighted by Gasteiger charge is 2.42. The Balaban J connectivity index is 1.37. The summed E-state index contributed by atoms with van der Waals surface area (Å²) in [5, 5.41) is 6.54. The molecule has 1 spiro atoms. The van der Waals surface area contributed by atoms with E-state index in [4.69, 9.17) is 4.99 Å². The maximum atomic E-state index is 11.7. The molecule has 3 heterocycles. The Morgan fingerprint density at radius 3 is 2.96 bits per heavy atom. The van der Waals surface area contributed by atoms with Gasteiger partial charge in [0.1, 0.15) is 0 Å². The minimum Gasteiger partial charge on any atom is -0.357 e. The van der Waals surface area contributed by atoms with Crippen LogP contribution in [0.3, 0.4) is 0 Å². The molecule has 1 saturated carbocycles. The predicted molar refractivity (Wildman–Crippen MR) is 99.5 cm³/mol. The third kappa shape index (κ3) is 3.94. The fourth-order valence-corrected chi connectivity index (χ4v) is 4.85.